The zero-order chi connectivity index (χ0) is 17.9. The van der Waals surface area contributed by atoms with Crippen LogP contribution in [0.15, 0.2) is 23.2 Å². The predicted molar refractivity (Wildman–Crippen MR) is 100 cm³/mol. The summed E-state index contributed by atoms with van der Waals surface area (Å²) in [5, 5.41) is 16.4. The van der Waals surface area contributed by atoms with Crippen LogP contribution in [0.5, 0.6) is 11.5 Å². The number of benzene rings is 1. The van der Waals surface area contributed by atoms with Gasteiger partial charge in [-0.15, -0.1) is 0 Å². The zero-order valence-electron chi connectivity index (χ0n) is 15.4. The molecule has 1 aliphatic rings. The van der Waals surface area contributed by atoms with Gasteiger partial charge in [0, 0.05) is 25.7 Å². The van der Waals surface area contributed by atoms with Crippen LogP contribution in [-0.4, -0.2) is 44.5 Å². The summed E-state index contributed by atoms with van der Waals surface area (Å²) in [6.45, 7) is 1.85. The number of phenolic OH excluding ortho intramolecular Hbond substituents is 1. The number of phenols is 1. The number of ether oxygens (including phenoxy) is 2. The molecule has 2 rings (SSSR count). The maximum atomic E-state index is 9.92. The third-order valence-corrected chi connectivity index (χ3v) is 4.51. The number of rotatable bonds is 7. The Hall–Kier alpha value is -1.95. The first-order valence-electron chi connectivity index (χ1n) is 9.15. The van der Waals surface area contributed by atoms with Gasteiger partial charge in [0.15, 0.2) is 5.96 Å². The first kappa shape index (κ1) is 19.4. The molecule has 1 aliphatic carbocycles. The van der Waals surface area contributed by atoms with Gasteiger partial charge in [0.25, 0.3) is 0 Å². The van der Waals surface area contributed by atoms with Crippen molar-refractivity contribution in [2.24, 2.45) is 4.99 Å². The highest BCUT2D eigenvalue weighted by molar-refractivity contribution is 5.79. The largest absolute Gasteiger partial charge is 0.508 e. The Balaban J connectivity index is 1.70. The van der Waals surface area contributed by atoms with Crippen molar-refractivity contribution in [3.05, 3.63) is 23.8 Å². The summed E-state index contributed by atoms with van der Waals surface area (Å²) in [6.07, 6.45) is 8.02. The van der Waals surface area contributed by atoms with Crippen molar-refractivity contribution >= 4 is 5.96 Å². The fourth-order valence-electron chi connectivity index (χ4n) is 3.03. The summed E-state index contributed by atoms with van der Waals surface area (Å²) in [6, 6.07) is 5.17. The number of guanidine groups is 1. The Labute approximate surface area is 150 Å². The van der Waals surface area contributed by atoms with Gasteiger partial charge >= 0.3 is 0 Å². The summed E-state index contributed by atoms with van der Waals surface area (Å²) in [4.78, 5) is 4.20. The van der Waals surface area contributed by atoms with Crippen LogP contribution in [0.25, 0.3) is 0 Å². The molecule has 1 saturated carbocycles. The molecule has 140 valence electrons. The van der Waals surface area contributed by atoms with E-state index < -0.39 is 0 Å². The zero-order valence-corrected chi connectivity index (χ0v) is 15.4. The first-order chi connectivity index (χ1) is 12.2. The number of nitrogens with zero attached hydrogens (tertiary/aromatic N) is 1. The Kier molecular flexibility index (Phi) is 8.39. The van der Waals surface area contributed by atoms with E-state index in [-0.39, 0.29) is 5.75 Å². The molecule has 0 aromatic heterocycles. The van der Waals surface area contributed by atoms with Gasteiger partial charge in [0.05, 0.1) is 19.8 Å². The number of hydrogen-bond acceptors (Lipinski definition) is 4. The molecule has 1 fully saturated rings. The van der Waals surface area contributed by atoms with E-state index >= 15 is 0 Å². The topological polar surface area (TPSA) is 75.1 Å². The van der Waals surface area contributed by atoms with Gasteiger partial charge in [-0.3, -0.25) is 4.99 Å². The summed E-state index contributed by atoms with van der Waals surface area (Å²) in [5.41, 5.74) is 0.761. The van der Waals surface area contributed by atoms with Crippen molar-refractivity contribution in [3.8, 4) is 11.5 Å². The fourth-order valence-corrected chi connectivity index (χ4v) is 3.03. The number of aromatic hydroxyl groups is 1. The summed E-state index contributed by atoms with van der Waals surface area (Å²) in [7, 11) is 3.34. The van der Waals surface area contributed by atoms with Gasteiger partial charge < -0.3 is 25.2 Å². The molecular formula is C19H31N3O3. The average molecular weight is 349 g/mol. The average Bonchev–Trinajstić information content (AvgIpc) is 2.91. The van der Waals surface area contributed by atoms with Crippen molar-refractivity contribution in [2.75, 3.05) is 27.3 Å². The van der Waals surface area contributed by atoms with Crippen LogP contribution in [0.3, 0.4) is 0 Å². The third-order valence-electron chi connectivity index (χ3n) is 4.51. The molecule has 0 aliphatic heterocycles. The van der Waals surface area contributed by atoms with E-state index in [1.165, 1.54) is 38.5 Å². The van der Waals surface area contributed by atoms with Gasteiger partial charge in [-0.2, -0.15) is 0 Å². The Bertz CT molecular complexity index is 541. The second kappa shape index (κ2) is 10.8. The molecule has 6 nitrogen and oxygen atoms in total. The van der Waals surface area contributed by atoms with Crippen molar-refractivity contribution in [2.45, 2.75) is 51.2 Å². The summed E-state index contributed by atoms with van der Waals surface area (Å²) in [5.74, 6) is 1.64. The quantitative estimate of drug-likeness (QED) is 0.305. The summed E-state index contributed by atoms with van der Waals surface area (Å²) < 4.78 is 11.2. The van der Waals surface area contributed by atoms with E-state index in [0.29, 0.717) is 37.5 Å². The number of nitrogens with one attached hydrogen (secondary N) is 2. The molecule has 3 N–H and O–H groups in total. The van der Waals surface area contributed by atoms with E-state index in [1.807, 2.05) is 6.07 Å². The second-order valence-corrected chi connectivity index (χ2v) is 6.33. The van der Waals surface area contributed by atoms with E-state index in [9.17, 15) is 5.11 Å². The molecule has 0 atom stereocenters. The molecule has 0 unspecified atom stereocenters. The molecule has 1 aromatic carbocycles. The van der Waals surface area contributed by atoms with Crippen LogP contribution in [0.2, 0.25) is 0 Å². The number of hydrogen-bond donors (Lipinski definition) is 3. The van der Waals surface area contributed by atoms with Crippen LogP contribution >= 0.6 is 0 Å². The predicted octanol–water partition coefficient (Wildman–Crippen LogP) is 2.81. The van der Waals surface area contributed by atoms with E-state index in [1.54, 1.807) is 26.3 Å². The van der Waals surface area contributed by atoms with E-state index in [2.05, 4.69) is 15.6 Å². The maximum absolute atomic E-state index is 9.92. The van der Waals surface area contributed by atoms with Crippen LogP contribution in [0.1, 0.15) is 44.1 Å². The minimum atomic E-state index is 0.237. The van der Waals surface area contributed by atoms with Crippen molar-refractivity contribution in [1.82, 2.24) is 10.6 Å². The Morgan fingerprint density at radius 2 is 1.96 bits per heavy atom. The standard InChI is InChI=1S/C19H31N3O3/c1-20-19(21-11-12-25-16-7-5-3-4-6-8-16)22-14-15-13-17(24-2)9-10-18(15)23/h9-10,13,16,23H,3-8,11-12,14H2,1-2H3,(H2,20,21,22). The molecule has 1 aromatic rings. The molecule has 0 spiro atoms. The van der Waals surface area contributed by atoms with Crippen LogP contribution in [0, 0.1) is 0 Å². The van der Waals surface area contributed by atoms with E-state index in [0.717, 1.165) is 5.56 Å². The second-order valence-electron chi connectivity index (χ2n) is 6.33. The normalized spacial score (nSPS) is 16.3. The number of methoxy groups -OCH3 is 1. The van der Waals surface area contributed by atoms with Crippen LogP contribution in [-0.2, 0) is 11.3 Å². The first-order valence-corrected chi connectivity index (χ1v) is 9.15. The Morgan fingerprint density at radius 3 is 2.64 bits per heavy atom. The van der Waals surface area contributed by atoms with Crippen molar-refractivity contribution in [1.29, 1.82) is 0 Å². The SMILES string of the molecule is CN=C(NCCOC1CCCCCC1)NCc1cc(OC)ccc1O. The van der Waals surface area contributed by atoms with Crippen LogP contribution in [0.4, 0.5) is 0 Å². The fraction of sp³-hybridized carbons (Fsp3) is 0.632. The molecule has 0 heterocycles. The van der Waals surface area contributed by atoms with Gasteiger partial charge in [-0.05, 0) is 31.0 Å². The third kappa shape index (κ3) is 6.82. The van der Waals surface area contributed by atoms with Gasteiger partial charge in [0.1, 0.15) is 11.5 Å². The monoisotopic (exact) mass is 349 g/mol. The minimum Gasteiger partial charge on any atom is -0.508 e. The molecule has 6 heteroatoms. The Morgan fingerprint density at radius 1 is 1.20 bits per heavy atom. The van der Waals surface area contributed by atoms with Crippen molar-refractivity contribution in [3.63, 3.8) is 0 Å². The highest BCUT2D eigenvalue weighted by Gasteiger charge is 2.12. The lowest BCUT2D eigenvalue weighted by Crippen LogP contribution is -2.38. The molecule has 0 saturated heterocycles. The van der Waals surface area contributed by atoms with Gasteiger partial charge in [0.2, 0.25) is 0 Å². The maximum Gasteiger partial charge on any atom is 0.191 e. The smallest absolute Gasteiger partial charge is 0.191 e. The summed E-state index contributed by atoms with van der Waals surface area (Å²) >= 11 is 0. The number of aliphatic imine (C=N–C) groups is 1. The van der Waals surface area contributed by atoms with Crippen LogP contribution < -0.4 is 15.4 Å². The van der Waals surface area contributed by atoms with Gasteiger partial charge in [-0.1, -0.05) is 25.7 Å². The molecule has 0 bridgehead atoms. The highest BCUT2D eigenvalue weighted by atomic mass is 16.5. The molecule has 0 radical (unpaired) electrons. The lowest BCUT2D eigenvalue weighted by atomic mass is 10.1. The highest BCUT2D eigenvalue weighted by Crippen LogP contribution is 2.22. The van der Waals surface area contributed by atoms with Crippen molar-refractivity contribution < 1.29 is 14.6 Å². The molecule has 25 heavy (non-hydrogen) atoms. The molecule has 0 amide bonds. The lowest BCUT2D eigenvalue weighted by molar-refractivity contribution is 0.0468. The lowest BCUT2D eigenvalue weighted by Gasteiger charge is -2.17. The van der Waals surface area contributed by atoms with Gasteiger partial charge in [-0.25, -0.2) is 0 Å². The minimum absolute atomic E-state index is 0.237. The molecular weight excluding hydrogens is 318 g/mol. The van der Waals surface area contributed by atoms with E-state index in [4.69, 9.17) is 9.47 Å².